The third-order valence-electron chi connectivity index (χ3n) is 2.57. The summed E-state index contributed by atoms with van der Waals surface area (Å²) in [5, 5.41) is 11.9. The summed E-state index contributed by atoms with van der Waals surface area (Å²) in [5.41, 5.74) is -0.0719. The number of carboxylic acids is 1. The van der Waals surface area contributed by atoms with Crippen LogP contribution in [-0.4, -0.2) is 27.6 Å². The Morgan fingerprint density at radius 2 is 2.14 bits per heavy atom. The van der Waals surface area contributed by atoms with Crippen molar-refractivity contribution in [2.75, 3.05) is 11.9 Å². The minimum absolute atomic E-state index is 0.0719. The highest BCUT2D eigenvalue weighted by Crippen LogP contribution is 2.24. The molecule has 0 radical (unpaired) electrons. The van der Waals surface area contributed by atoms with Crippen LogP contribution in [0.25, 0.3) is 12.2 Å². The van der Waals surface area contributed by atoms with Crippen molar-refractivity contribution in [2.24, 2.45) is 0 Å². The quantitative estimate of drug-likeness (QED) is 0.882. The molecular formula is C14H17N3O3S. The first-order valence-corrected chi connectivity index (χ1v) is 7.22. The van der Waals surface area contributed by atoms with Crippen LogP contribution in [-0.2, 0) is 10.2 Å². The Bertz CT molecular complexity index is 652. The highest BCUT2D eigenvalue weighted by atomic mass is 32.1. The molecule has 0 unspecified atom stereocenters. The Hall–Kier alpha value is -2.15. The maximum absolute atomic E-state index is 10.5. The van der Waals surface area contributed by atoms with Gasteiger partial charge in [-0.05, 0) is 6.08 Å². The normalized spacial score (nSPS) is 12.0. The van der Waals surface area contributed by atoms with Gasteiger partial charge in [-0.1, -0.05) is 32.1 Å². The van der Waals surface area contributed by atoms with Crippen molar-refractivity contribution in [2.45, 2.75) is 26.2 Å². The second-order valence-corrected chi connectivity index (χ2v) is 6.52. The van der Waals surface area contributed by atoms with Gasteiger partial charge in [-0.25, -0.2) is 9.97 Å². The molecule has 2 rings (SSSR count). The molecule has 6 nitrogen and oxygen atoms in total. The highest BCUT2D eigenvalue weighted by molar-refractivity contribution is 7.16. The van der Waals surface area contributed by atoms with Crippen molar-refractivity contribution >= 4 is 34.6 Å². The van der Waals surface area contributed by atoms with Crippen LogP contribution >= 0.6 is 11.3 Å². The zero-order valence-corrected chi connectivity index (χ0v) is 12.9. The zero-order valence-electron chi connectivity index (χ0n) is 12.1. The molecule has 7 heteroatoms. The lowest BCUT2D eigenvalue weighted by atomic mass is 9.94. The van der Waals surface area contributed by atoms with Crippen LogP contribution in [0.1, 0.15) is 37.3 Å². The van der Waals surface area contributed by atoms with Crippen LogP contribution < -0.4 is 5.32 Å². The molecule has 0 fully saturated rings. The first kappa shape index (κ1) is 15.2. The molecule has 0 spiro atoms. The Balaban J connectivity index is 2.01. The van der Waals surface area contributed by atoms with Gasteiger partial charge < -0.3 is 14.8 Å². The number of carbonyl (C=O) groups is 1. The fourth-order valence-corrected chi connectivity index (χ4v) is 2.18. The molecular weight excluding hydrogens is 290 g/mol. The van der Waals surface area contributed by atoms with E-state index < -0.39 is 5.97 Å². The molecule has 0 saturated heterocycles. The van der Waals surface area contributed by atoms with E-state index in [-0.39, 0.29) is 12.0 Å². The SMILES string of the molecule is CC(C)(C)c1cnc(/C=C/c2cnc(NCC(=O)O)s2)o1. The molecule has 0 aliphatic carbocycles. The number of hydrogen-bond acceptors (Lipinski definition) is 6. The second kappa shape index (κ2) is 6.09. The van der Waals surface area contributed by atoms with Crippen LogP contribution in [0.5, 0.6) is 0 Å². The summed E-state index contributed by atoms with van der Waals surface area (Å²) in [4.78, 5) is 19.6. The molecule has 0 saturated carbocycles. The lowest BCUT2D eigenvalue weighted by Gasteiger charge is -2.12. The van der Waals surface area contributed by atoms with Gasteiger partial charge in [-0.3, -0.25) is 4.79 Å². The minimum Gasteiger partial charge on any atom is -0.480 e. The predicted molar refractivity (Wildman–Crippen MR) is 82.4 cm³/mol. The summed E-state index contributed by atoms with van der Waals surface area (Å²) < 4.78 is 5.65. The van der Waals surface area contributed by atoms with Crippen LogP contribution in [0.2, 0.25) is 0 Å². The number of hydrogen-bond donors (Lipinski definition) is 2. The van der Waals surface area contributed by atoms with Crippen molar-refractivity contribution in [3.8, 4) is 0 Å². The number of oxazole rings is 1. The minimum atomic E-state index is -0.920. The van der Waals surface area contributed by atoms with Crippen LogP contribution in [0.4, 0.5) is 5.13 Å². The number of anilines is 1. The molecule has 112 valence electrons. The number of nitrogens with zero attached hydrogens (tertiary/aromatic N) is 2. The van der Waals surface area contributed by atoms with Crippen molar-refractivity contribution in [3.05, 3.63) is 28.9 Å². The number of carboxylic acid groups (broad SMARTS) is 1. The smallest absolute Gasteiger partial charge is 0.322 e. The van der Waals surface area contributed by atoms with E-state index in [1.54, 1.807) is 18.5 Å². The number of thiazole rings is 1. The fraction of sp³-hybridized carbons (Fsp3) is 0.357. The lowest BCUT2D eigenvalue weighted by molar-refractivity contribution is -0.134. The predicted octanol–water partition coefficient (Wildman–Crippen LogP) is 3.10. The standard InChI is InChI=1S/C14H17N3O3S/c1-14(2,3)10-7-15-11(20-10)5-4-9-6-16-13(21-9)17-8-12(18)19/h4-7H,8H2,1-3H3,(H,16,17)(H,18,19)/b5-4+. The Kier molecular flexibility index (Phi) is 4.42. The summed E-state index contributed by atoms with van der Waals surface area (Å²) in [5.74, 6) is 0.445. The molecule has 0 aliphatic heterocycles. The van der Waals surface area contributed by atoms with E-state index in [4.69, 9.17) is 9.52 Å². The van der Waals surface area contributed by atoms with Gasteiger partial charge in [0.05, 0.1) is 6.20 Å². The molecule has 0 bridgehead atoms. The number of aliphatic carboxylic acids is 1. The molecule has 2 aromatic heterocycles. The highest BCUT2D eigenvalue weighted by Gasteiger charge is 2.18. The fourth-order valence-electron chi connectivity index (χ4n) is 1.46. The van der Waals surface area contributed by atoms with Gasteiger partial charge in [-0.2, -0.15) is 0 Å². The number of rotatable bonds is 5. The monoisotopic (exact) mass is 307 g/mol. The van der Waals surface area contributed by atoms with Crippen molar-refractivity contribution in [1.29, 1.82) is 0 Å². The summed E-state index contributed by atoms with van der Waals surface area (Å²) in [6.45, 7) is 6.03. The number of nitrogens with one attached hydrogen (secondary N) is 1. The van der Waals surface area contributed by atoms with Crippen molar-refractivity contribution in [1.82, 2.24) is 9.97 Å². The van der Waals surface area contributed by atoms with Gasteiger partial charge in [0.15, 0.2) is 5.13 Å². The molecule has 0 amide bonds. The van der Waals surface area contributed by atoms with Crippen molar-refractivity contribution < 1.29 is 14.3 Å². The van der Waals surface area contributed by atoms with E-state index in [2.05, 4.69) is 36.1 Å². The van der Waals surface area contributed by atoms with E-state index >= 15 is 0 Å². The summed E-state index contributed by atoms with van der Waals surface area (Å²) in [6.07, 6.45) is 7.00. The summed E-state index contributed by atoms with van der Waals surface area (Å²) >= 11 is 1.36. The van der Waals surface area contributed by atoms with Crippen LogP contribution in [0.3, 0.4) is 0 Å². The van der Waals surface area contributed by atoms with E-state index in [9.17, 15) is 4.79 Å². The van der Waals surface area contributed by atoms with Crippen molar-refractivity contribution in [3.63, 3.8) is 0 Å². The van der Waals surface area contributed by atoms with Gasteiger partial charge in [0.25, 0.3) is 0 Å². The van der Waals surface area contributed by atoms with E-state index in [1.165, 1.54) is 11.3 Å². The summed E-state index contributed by atoms with van der Waals surface area (Å²) in [7, 11) is 0. The molecule has 0 aliphatic rings. The molecule has 2 N–H and O–H groups in total. The van der Waals surface area contributed by atoms with Gasteiger partial charge in [0, 0.05) is 22.6 Å². The second-order valence-electron chi connectivity index (χ2n) is 5.46. The third-order valence-corrected chi connectivity index (χ3v) is 3.49. The maximum Gasteiger partial charge on any atom is 0.322 e. The molecule has 21 heavy (non-hydrogen) atoms. The van der Waals surface area contributed by atoms with E-state index in [0.29, 0.717) is 11.0 Å². The van der Waals surface area contributed by atoms with E-state index in [1.807, 2.05) is 6.08 Å². The van der Waals surface area contributed by atoms with E-state index in [0.717, 1.165) is 10.6 Å². The Morgan fingerprint density at radius 1 is 1.38 bits per heavy atom. The van der Waals surface area contributed by atoms with Gasteiger partial charge in [0.2, 0.25) is 5.89 Å². The van der Waals surface area contributed by atoms with Gasteiger partial charge in [0.1, 0.15) is 12.3 Å². The maximum atomic E-state index is 10.5. The molecule has 0 atom stereocenters. The average molecular weight is 307 g/mol. The Labute approximate surface area is 126 Å². The summed E-state index contributed by atoms with van der Waals surface area (Å²) in [6, 6.07) is 0. The first-order valence-electron chi connectivity index (χ1n) is 6.40. The van der Waals surface area contributed by atoms with Crippen LogP contribution in [0, 0.1) is 0 Å². The van der Waals surface area contributed by atoms with Crippen LogP contribution in [0.15, 0.2) is 16.8 Å². The largest absolute Gasteiger partial charge is 0.480 e. The van der Waals surface area contributed by atoms with Gasteiger partial charge in [-0.15, -0.1) is 0 Å². The van der Waals surface area contributed by atoms with Gasteiger partial charge >= 0.3 is 5.97 Å². The molecule has 2 aromatic rings. The average Bonchev–Trinajstić information content (AvgIpc) is 3.02. The molecule has 2 heterocycles. The lowest BCUT2D eigenvalue weighted by Crippen LogP contribution is -2.11. The number of aromatic nitrogens is 2. The zero-order chi connectivity index (χ0) is 15.5. The topological polar surface area (TPSA) is 88.2 Å². The first-order chi connectivity index (χ1) is 9.84. The molecule has 0 aromatic carbocycles. The Morgan fingerprint density at radius 3 is 2.76 bits per heavy atom. The third kappa shape index (κ3) is 4.42.